The molecule has 0 aliphatic heterocycles. The maximum Gasteiger partial charge on any atom is 0.270 e. The van der Waals surface area contributed by atoms with Crippen molar-refractivity contribution in [3.8, 4) is 0 Å². The summed E-state index contributed by atoms with van der Waals surface area (Å²) in [6.45, 7) is 1.30. The molecule has 0 saturated carbocycles. The van der Waals surface area contributed by atoms with Gasteiger partial charge in [0, 0.05) is 30.8 Å². The van der Waals surface area contributed by atoms with E-state index in [9.17, 15) is 14.9 Å². The maximum absolute atomic E-state index is 12.2. The molecule has 0 aliphatic rings. The van der Waals surface area contributed by atoms with E-state index in [-0.39, 0.29) is 11.6 Å². The van der Waals surface area contributed by atoms with E-state index >= 15 is 0 Å². The van der Waals surface area contributed by atoms with E-state index in [1.165, 1.54) is 12.1 Å². The molecular weight excluding hydrogens is 270 g/mol. The number of rotatable bonds is 5. The second-order valence-electron chi connectivity index (χ2n) is 5.03. The fourth-order valence-corrected chi connectivity index (χ4v) is 2.07. The molecule has 0 heterocycles. The first-order valence-electron chi connectivity index (χ1n) is 6.59. The van der Waals surface area contributed by atoms with Crippen LogP contribution in [0.5, 0.6) is 0 Å². The summed E-state index contributed by atoms with van der Waals surface area (Å²) >= 11 is 0. The lowest BCUT2D eigenvalue weighted by Gasteiger charge is -2.11. The lowest BCUT2D eigenvalue weighted by atomic mass is 10.0. The number of fused-ring (bicyclic) bond motifs is 1. The van der Waals surface area contributed by atoms with E-state index in [1.807, 2.05) is 19.0 Å². The van der Waals surface area contributed by atoms with Gasteiger partial charge in [0.25, 0.3) is 11.6 Å². The lowest BCUT2D eigenvalue weighted by Crippen LogP contribution is -2.31. The molecular formula is C15H17N3O3. The lowest BCUT2D eigenvalue weighted by molar-refractivity contribution is -0.384. The number of nitro groups is 1. The normalized spacial score (nSPS) is 10.8. The Kier molecular flexibility index (Phi) is 4.49. The molecule has 6 heteroatoms. The number of carbonyl (C=O) groups is 1. The van der Waals surface area contributed by atoms with Gasteiger partial charge in [-0.1, -0.05) is 12.1 Å². The Balaban J connectivity index is 2.28. The van der Waals surface area contributed by atoms with Crippen molar-refractivity contribution in [1.82, 2.24) is 10.2 Å². The summed E-state index contributed by atoms with van der Waals surface area (Å²) in [5, 5.41) is 15.0. The fourth-order valence-electron chi connectivity index (χ4n) is 2.07. The van der Waals surface area contributed by atoms with Gasteiger partial charge >= 0.3 is 0 Å². The zero-order valence-electron chi connectivity index (χ0n) is 12.0. The molecule has 2 aromatic rings. The van der Waals surface area contributed by atoms with Crippen LogP contribution >= 0.6 is 0 Å². The molecule has 0 atom stereocenters. The first-order valence-corrected chi connectivity index (χ1v) is 6.59. The molecule has 0 aliphatic carbocycles. The summed E-state index contributed by atoms with van der Waals surface area (Å²) in [5.74, 6) is -0.170. The number of hydrogen-bond donors (Lipinski definition) is 1. The molecule has 0 bridgehead atoms. The van der Waals surface area contributed by atoms with Crippen LogP contribution in [0.4, 0.5) is 5.69 Å². The molecule has 0 fully saturated rings. The van der Waals surface area contributed by atoms with Gasteiger partial charge in [0.2, 0.25) is 0 Å². The topological polar surface area (TPSA) is 75.5 Å². The molecule has 0 aromatic heterocycles. The van der Waals surface area contributed by atoms with E-state index in [0.29, 0.717) is 22.9 Å². The van der Waals surface area contributed by atoms with Gasteiger partial charge < -0.3 is 10.2 Å². The van der Waals surface area contributed by atoms with Gasteiger partial charge in [-0.25, -0.2) is 0 Å². The molecule has 0 radical (unpaired) electrons. The number of hydrogen-bond acceptors (Lipinski definition) is 4. The van der Waals surface area contributed by atoms with Crippen molar-refractivity contribution in [2.45, 2.75) is 0 Å². The Hall–Kier alpha value is -2.47. The van der Waals surface area contributed by atoms with Gasteiger partial charge in [-0.15, -0.1) is 0 Å². The number of amides is 1. The van der Waals surface area contributed by atoms with Crippen LogP contribution < -0.4 is 5.32 Å². The minimum absolute atomic E-state index is 0.0210. The summed E-state index contributed by atoms with van der Waals surface area (Å²) in [6, 6.07) is 9.73. The highest BCUT2D eigenvalue weighted by atomic mass is 16.6. The van der Waals surface area contributed by atoms with Crippen molar-refractivity contribution in [3.05, 3.63) is 52.1 Å². The Morgan fingerprint density at radius 2 is 2.05 bits per heavy atom. The first kappa shape index (κ1) is 14.9. The highest BCUT2D eigenvalue weighted by Crippen LogP contribution is 2.23. The highest BCUT2D eigenvalue weighted by Gasteiger charge is 2.12. The predicted molar refractivity (Wildman–Crippen MR) is 81.5 cm³/mol. The van der Waals surface area contributed by atoms with E-state index in [0.717, 1.165) is 6.54 Å². The summed E-state index contributed by atoms with van der Waals surface area (Å²) in [7, 11) is 3.87. The van der Waals surface area contributed by atoms with Crippen LogP contribution in [0.2, 0.25) is 0 Å². The van der Waals surface area contributed by atoms with Crippen LogP contribution in [0.1, 0.15) is 10.4 Å². The number of likely N-dealkylation sites (N-methyl/N-ethyl adjacent to an activating group) is 1. The Morgan fingerprint density at radius 1 is 1.29 bits per heavy atom. The minimum Gasteiger partial charge on any atom is -0.351 e. The molecule has 6 nitrogen and oxygen atoms in total. The van der Waals surface area contributed by atoms with Crippen molar-refractivity contribution in [2.24, 2.45) is 0 Å². The van der Waals surface area contributed by atoms with Crippen LogP contribution in [0.3, 0.4) is 0 Å². The SMILES string of the molecule is CN(C)CCNC(=O)c1cccc2cc([N+](=O)[O-])ccc12. The van der Waals surface area contributed by atoms with Crippen molar-refractivity contribution >= 4 is 22.4 Å². The third-order valence-electron chi connectivity index (χ3n) is 3.16. The molecule has 0 saturated heterocycles. The Labute approximate surface area is 122 Å². The zero-order valence-corrected chi connectivity index (χ0v) is 12.0. The quantitative estimate of drug-likeness (QED) is 0.674. The summed E-state index contributed by atoms with van der Waals surface area (Å²) in [4.78, 5) is 24.5. The largest absolute Gasteiger partial charge is 0.351 e. The highest BCUT2D eigenvalue weighted by molar-refractivity contribution is 6.07. The average Bonchev–Trinajstić information content (AvgIpc) is 2.45. The maximum atomic E-state index is 12.2. The van der Waals surface area contributed by atoms with Gasteiger partial charge in [0.1, 0.15) is 0 Å². The Bertz CT molecular complexity index is 683. The monoisotopic (exact) mass is 287 g/mol. The third-order valence-corrected chi connectivity index (χ3v) is 3.16. The van der Waals surface area contributed by atoms with E-state index in [2.05, 4.69) is 5.32 Å². The smallest absolute Gasteiger partial charge is 0.270 e. The Morgan fingerprint density at radius 3 is 2.71 bits per heavy atom. The summed E-state index contributed by atoms with van der Waals surface area (Å²) in [5.41, 5.74) is 0.550. The van der Waals surface area contributed by atoms with Gasteiger partial charge in [0.15, 0.2) is 0 Å². The number of carbonyl (C=O) groups excluding carboxylic acids is 1. The van der Waals surface area contributed by atoms with Crippen LogP contribution in [0.15, 0.2) is 36.4 Å². The molecule has 21 heavy (non-hydrogen) atoms. The molecule has 110 valence electrons. The molecule has 0 unspecified atom stereocenters. The van der Waals surface area contributed by atoms with Gasteiger partial charge in [-0.3, -0.25) is 14.9 Å². The summed E-state index contributed by atoms with van der Waals surface area (Å²) in [6.07, 6.45) is 0. The van der Waals surface area contributed by atoms with Crippen LogP contribution in [0, 0.1) is 10.1 Å². The molecule has 0 spiro atoms. The van der Waals surface area contributed by atoms with Crippen LogP contribution in [-0.4, -0.2) is 42.9 Å². The summed E-state index contributed by atoms with van der Waals surface area (Å²) < 4.78 is 0. The van der Waals surface area contributed by atoms with Gasteiger partial charge in [0.05, 0.1) is 4.92 Å². The number of nitrogens with zero attached hydrogens (tertiary/aromatic N) is 2. The molecule has 2 rings (SSSR count). The molecule has 1 N–H and O–H groups in total. The number of nitro benzene ring substituents is 1. The zero-order chi connectivity index (χ0) is 15.4. The van der Waals surface area contributed by atoms with Crippen molar-refractivity contribution in [1.29, 1.82) is 0 Å². The predicted octanol–water partition coefficient (Wildman–Crippen LogP) is 2.04. The van der Waals surface area contributed by atoms with Crippen molar-refractivity contribution < 1.29 is 9.72 Å². The number of benzene rings is 2. The van der Waals surface area contributed by atoms with Crippen molar-refractivity contribution in [3.63, 3.8) is 0 Å². The number of non-ortho nitro benzene ring substituents is 1. The molecule has 2 aromatic carbocycles. The minimum atomic E-state index is -0.441. The average molecular weight is 287 g/mol. The van der Waals surface area contributed by atoms with Crippen LogP contribution in [0.25, 0.3) is 10.8 Å². The van der Waals surface area contributed by atoms with Gasteiger partial charge in [-0.05, 0) is 37.0 Å². The van der Waals surface area contributed by atoms with E-state index in [1.54, 1.807) is 24.3 Å². The molecule has 1 amide bonds. The number of nitrogens with one attached hydrogen (secondary N) is 1. The second kappa shape index (κ2) is 6.32. The van der Waals surface area contributed by atoms with E-state index in [4.69, 9.17) is 0 Å². The van der Waals surface area contributed by atoms with Crippen molar-refractivity contribution in [2.75, 3.05) is 27.2 Å². The fraction of sp³-hybridized carbons (Fsp3) is 0.267. The second-order valence-corrected chi connectivity index (χ2v) is 5.03. The van der Waals surface area contributed by atoms with Crippen LogP contribution in [-0.2, 0) is 0 Å². The standard InChI is InChI=1S/C15H17N3O3/c1-17(2)9-8-16-15(19)14-5-3-4-11-10-12(18(20)21)6-7-13(11)14/h3-7,10H,8-9H2,1-2H3,(H,16,19). The van der Waals surface area contributed by atoms with Gasteiger partial charge in [-0.2, -0.15) is 0 Å². The van der Waals surface area contributed by atoms with E-state index < -0.39 is 4.92 Å². The first-order chi connectivity index (χ1) is 9.99. The third kappa shape index (κ3) is 3.55.